The van der Waals surface area contributed by atoms with Gasteiger partial charge in [-0.3, -0.25) is 9.59 Å². The molecule has 1 aliphatic carbocycles. The van der Waals surface area contributed by atoms with E-state index in [0.717, 1.165) is 19.3 Å². The first kappa shape index (κ1) is 12.0. The summed E-state index contributed by atoms with van der Waals surface area (Å²) in [6.07, 6.45) is 3.39. The zero-order chi connectivity index (χ0) is 11.4. The van der Waals surface area contributed by atoms with Crippen molar-refractivity contribution in [2.45, 2.75) is 44.2 Å². The Morgan fingerprint density at radius 3 is 2.53 bits per heavy atom. The number of amides is 1. The largest absolute Gasteiger partial charge is 0.481 e. The van der Waals surface area contributed by atoms with Gasteiger partial charge in [0.1, 0.15) is 0 Å². The Labute approximate surface area is 89.2 Å². The highest BCUT2D eigenvalue weighted by molar-refractivity contribution is 5.82. The summed E-state index contributed by atoms with van der Waals surface area (Å²) in [5, 5.41) is 8.47. The maximum absolute atomic E-state index is 11.7. The van der Waals surface area contributed by atoms with Crippen molar-refractivity contribution in [3.63, 3.8) is 0 Å². The van der Waals surface area contributed by atoms with Crippen molar-refractivity contribution in [3.8, 4) is 0 Å². The topological polar surface area (TPSA) is 83.6 Å². The van der Waals surface area contributed by atoms with Gasteiger partial charge in [0.05, 0.1) is 6.04 Å². The van der Waals surface area contributed by atoms with E-state index in [1.807, 2.05) is 0 Å². The molecular formula is C10H18N2O3. The standard InChI is InChI=1S/C10H18N2O3/c1-12(7-3-2-4-7)10(15)8(11)5-6-9(13)14/h7-8H,2-6,11H2,1H3,(H,13,14). The molecule has 15 heavy (non-hydrogen) atoms. The first-order chi connectivity index (χ1) is 7.02. The summed E-state index contributed by atoms with van der Waals surface area (Å²) >= 11 is 0. The molecule has 0 aromatic heterocycles. The molecule has 0 spiro atoms. The number of carboxylic acid groups (broad SMARTS) is 1. The van der Waals surface area contributed by atoms with Crippen LogP contribution in [0, 0.1) is 0 Å². The Morgan fingerprint density at radius 2 is 2.13 bits per heavy atom. The van der Waals surface area contributed by atoms with Crippen LogP contribution in [0.4, 0.5) is 0 Å². The van der Waals surface area contributed by atoms with Gasteiger partial charge in [-0.1, -0.05) is 0 Å². The fourth-order valence-corrected chi connectivity index (χ4v) is 1.62. The van der Waals surface area contributed by atoms with Crippen LogP contribution >= 0.6 is 0 Å². The summed E-state index contributed by atoms with van der Waals surface area (Å²) in [4.78, 5) is 23.7. The molecule has 0 bridgehead atoms. The van der Waals surface area contributed by atoms with Crippen molar-refractivity contribution in [2.75, 3.05) is 7.05 Å². The van der Waals surface area contributed by atoms with Crippen LogP contribution in [0.25, 0.3) is 0 Å². The minimum absolute atomic E-state index is 0.0502. The fourth-order valence-electron chi connectivity index (χ4n) is 1.62. The van der Waals surface area contributed by atoms with Gasteiger partial charge in [-0.2, -0.15) is 0 Å². The van der Waals surface area contributed by atoms with Crippen LogP contribution in [-0.4, -0.2) is 41.0 Å². The molecule has 0 saturated heterocycles. The molecule has 0 heterocycles. The van der Waals surface area contributed by atoms with Crippen molar-refractivity contribution in [1.29, 1.82) is 0 Å². The first-order valence-electron chi connectivity index (χ1n) is 5.26. The number of hydrogen-bond acceptors (Lipinski definition) is 3. The Balaban J connectivity index is 2.33. The summed E-state index contributed by atoms with van der Waals surface area (Å²) in [5.74, 6) is -1.05. The summed E-state index contributed by atoms with van der Waals surface area (Å²) in [6, 6.07) is -0.361. The Bertz CT molecular complexity index is 251. The maximum Gasteiger partial charge on any atom is 0.303 e. The van der Waals surface area contributed by atoms with Gasteiger partial charge >= 0.3 is 5.97 Å². The fraction of sp³-hybridized carbons (Fsp3) is 0.800. The number of carbonyl (C=O) groups is 2. The van der Waals surface area contributed by atoms with E-state index >= 15 is 0 Å². The van der Waals surface area contributed by atoms with Gasteiger partial charge in [0, 0.05) is 19.5 Å². The number of carbonyl (C=O) groups excluding carboxylic acids is 1. The van der Waals surface area contributed by atoms with E-state index in [1.165, 1.54) is 0 Å². The average molecular weight is 214 g/mol. The molecule has 1 amide bonds. The van der Waals surface area contributed by atoms with Crippen molar-refractivity contribution in [3.05, 3.63) is 0 Å². The molecule has 1 saturated carbocycles. The Hall–Kier alpha value is -1.10. The van der Waals surface area contributed by atoms with E-state index in [2.05, 4.69) is 0 Å². The van der Waals surface area contributed by atoms with Crippen molar-refractivity contribution in [1.82, 2.24) is 4.90 Å². The van der Waals surface area contributed by atoms with Gasteiger partial charge in [-0.15, -0.1) is 0 Å². The molecular weight excluding hydrogens is 196 g/mol. The monoisotopic (exact) mass is 214 g/mol. The molecule has 5 heteroatoms. The molecule has 1 aliphatic rings. The SMILES string of the molecule is CN(C(=O)C(N)CCC(=O)O)C1CCC1. The summed E-state index contributed by atoms with van der Waals surface area (Å²) in [6.45, 7) is 0. The molecule has 5 nitrogen and oxygen atoms in total. The van der Waals surface area contributed by atoms with Crippen LogP contribution in [0.1, 0.15) is 32.1 Å². The zero-order valence-electron chi connectivity index (χ0n) is 8.98. The lowest BCUT2D eigenvalue weighted by Gasteiger charge is -2.36. The zero-order valence-corrected chi connectivity index (χ0v) is 8.98. The molecule has 0 aromatic carbocycles. The van der Waals surface area contributed by atoms with Gasteiger partial charge in [-0.05, 0) is 25.7 Å². The van der Waals surface area contributed by atoms with Crippen LogP contribution in [0.5, 0.6) is 0 Å². The number of likely N-dealkylation sites (N-methyl/N-ethyl adjacent to an activating group) is 1. The van der Waals surface area contributed by atoms with Crippen molar-refractivity contribution in [2.24, 2.45) is 5.73 Å². The third-order valence-corrected chi connectivity index (χ3v) is 2.96. The van der Waals surface area contributed by atoms with E-state index in [-0.39, 0.29) is 18.7 Å². The number of hydrogen-bond donors (Lipinski definition) is 2. The predicted octanol–water partition coefficient (Wildman–Crippen LogP) is 0.189. The van der Waals surface area contributed by atoms with Crippen LogP contribution in [0.3, 0.4) is 0 Å². The third kappa shape index (κ3) is 3.20. The minimum Gasteiger partial charge on any atom is -0.481 e. The van der Waals surface area contributed by atoms with Crippen LogP contribution < -0.4 is 5.73 Å². The number of nitrogens with zero attached hydrogens (tertiary/aromatic N) is 1. The van der Waals surface area contributed by atoms with Gasteiger partial charge < -0.3 is 15.7 Å². The average Bonchev–Trinajstić information content (AvgIpc) is 2.09. The number of nitrogens with two attached hydrogens (primary N) is 1. The molecule has 86 valence electrons. The summed E-state index contributed by atoms with van der Waals surface area (Å²) in [5.41, 5.74) is 5.63. The molecule has 0 aromatic rings. The highest BCUT2D eigenvalue weighted by Crippen LogP contribution is 2.24. The minimum atomic E-state index is -0.912. The first-order valence-corrected chi connectivity index (χ1v) is 5.26. The van der Waals surface area contributed by atoms with Gasteiger partial charge in [-0.25, -0.2) is 0 Å². The molecule has 0 aliphatic heterocycles. The van der Waals surface area contributed by atoms with E-state index in [4.69, 9.17) is 10.8 Å². The van der Waals surface area contributed by atoms with E-state index in [0.29, 0.717) is 6.04 Å². The van der Waals surface area contributed by atoms with Gasteiger partial charge in [0.25, 0.3) is 0 Å². The van der Waals surface area contributed by atoms with Gasteiger partial charge in [0.2, 0.25) is 5.91 Å². The number of carboxylic acids is 1. The van der Waals surface area contributed by atoms with Crippen LogP contribution in [0.2, 0.25) is 0 Å². The normalized spacial score (nSPS) is 18.0. The lowest BCUT2D eigenvalue weighted by Crippen LogP contribution is -2.48. The van der Waals surface area contributed by atoms with E-state index in [9.17, 15) is 9.59 Å². The molecule has 1 unspecified atom stereocenters. The smallest absolute Gasteiger partial charge is 0.303 e. The van der Waals surface area contributed by atoms with Crippen LogP contribution in [-0.2, 0) is 9.59 Å². The molecule has 3 N–H and O–H groups in total. The lowest BCUT2D eigenvalue weighted by molar-refractivity contribution is -0.138. The Kier molecular flexibility index (Phi) is 4.08. The Morgan fingerprint density at radius 1 is 1.53 bits per heavy atom. The van der Waals surface area contributed by atoms with E-state index < -0.39 is 12.0 Å². The van der Waals surface area contributed by atoms with Crippen LogP contribution in [0.15, 0.2) is 0 Å². The molecule has 0 radical (unpaired) electrons. The molecule has 1 rings (SSSR count). The maximum atomic E-state index is 11.7. The summed E-state index contributed by atoms with van der Waals surface area (Å²) in [7, 11) is 1.74. The van der Waals surface area contributed by atoms with Crippen molar-refractivity contribution < 1.29 is 14.7 Å². The summed E-state index contributed by atoms with van der Waals surface area (Å²) < 4.78 is 0. The van der Waals surface area contributed by atoms with E-state index in [1.54, 1.807) is 11.9 Å². The number of rotatable bonds is 5. The molecule has 1 atom stereocenters. The highest BCUT2D eigenvalue weighted by Gasteiger charge is 2.28. The second-order valence-electron chi connectivity index (χ2n) is 4.07. The molecule has 1 fully saturated rings. The lowest BCUT2D eigenvalue weighted by atomic mass is 9.91. The third-order valence-electron chi connectivity index (χ3n) is 2.96. The quantitative estimate of drug-likeness (QED) is 0.684. The number of aliphatic carboxylic acids is 1. The second kappa shape index (κ2) is 5.11. The second-order valence-corrected chi connectivity index (χ2v) is 4.07. The van der Waals surface area contributed by atoms with Gasteiger partial charge in [0.15, 0.2) is 0 Å². The van der Waals surface area contributed by atoms with Crippen molar-refractivity contribution >= 4 is 11.9 Å². The predicted molar refractivity (Wildman–Crippen MR) is 55.3 cm³/mol. The highest BCUT2D eigenvalue weighted by atomic mass is 16.4.